The van der Waals surface area contributed by atoms with Gasteiger partial charge in [0.15, 0.2) is 0 Å². The maximum absolute atomic E-state index is 5.80. The fraction of sp³-hybridized carbons (Fsp3) is 0.786. The van der Waals surface area contributed by atoms with Gasteiger partial charge >= 0.3 is 0 Å². The molecule has 5 nitrogen and oxygen atoms in total. The topological polar surface area (TPSA) is 65.1 Å². The average molecular weight is 266 g/mol. The van der Waals surface area contributed by atoms with Crippen LogP contribution in [0.3, 0.4) is 0 Å². The van der Waals surface area contributed by atoms with E-state index in [1.54, 1.807) is 7.11 Å². The van der Waals surface area contributed by atoms with Gasteiger partial charge in [-0.15, -0.1) is 0 Å². The number of hydrogen-bond acceptors (Lipinski definition) is 4. The minimum Gasteiger partial charge on any atom is -0.379 e. The Hall–Kier alpha value is -0.910. The Labute approximate surface area is 115 Å². The number of aryl methyl sites for hydroxylation is 1. The normalized spacial score (nSPS) is 20.4. The third-order valence-corrected chi connectivity index (χ3v) is 4.26. The summed E-state index contributed by atoms with van der Waals surface area (Å²) < 4.78 is 7.77. The van der Waals surface area contributed by atoms with E-state index in [0.717, 1.165) is 12.2 Å². The van der Waals surface area contributed by atoms with Crippen LogP contribution in [0.15, 0.2) is 12.3 Å². The number of hydrogen-bond donors (Lipinski definition) is 2. The Morgan fingerprint density at radius 3 is 2.79 bits per heavy atom. The fourth-order valence-electron chi connectivity index (χ4n) is 3.28. The van der Waals surface area contributed by atoms with E-state index in [1.807, 2.05) is 16.9 Å². The zero-order valence-electron chi connectivity index (χ0n) is 12.0. The van der Waals surface area contributed by atoms with E-state index < -0.39 is 0 Å². The lowest BCUT2D eigenvalue weighted by molar-refractivity contribution is 0.00535. The van der Waals surface area contributed by atoms with Gasteiger partial charge in [0.25, 0.3) is 0 Å². The number of hydrazine groups is 1. The molecule has 1 heterocycles. The van der Waals surface area contributed by atoms with Crippen molar-refractivity contribution in [3.8, 4) is 0 Å². The van der Waals surface area contributed by atoms with Crippen LogP contribution >= 0.6 is 0 Å². The predicted octanol–water partition coefficient (Wildman–Crippen LogP) is 2.00. The molecule has 1 aliphatic rings. The first-order valence-electron chi connectivity index (χ1n) is 7.32. The molecular formula is C14H26N4O. The molecule has 0 aliphatic heterocycles. The van der Waals surface area contributed by atoms with Gasteiger partial charge in [-0.25, -0.2) is 5.43 Å². The molecule has 0 bridgehead atoms. The van der Waals surface area contributed by atoms with Crippen LogP contribution in [0.4, 0.5) is 0 Å². The molecule has 1 aliphatic carbocycles. The lowest BCUT2D eigenvalue weighted by Gasteiger charge is -2.34. The van der Waals surface area contributed by atoms with Crippen molar-refractivity contribution in [2.45, 2.75) is 57.7 Å². The molecule has 5 heteroatoms. The standard InChI is InChI=1S/C14H26N4O/c1-3-18-12(9-10-16-18)13(17-15)14(19-2)11-7-5-4-6-8-11/h9-11,13-14,17H,3-8,15H2,1-2H3. The minimum absolute atomic E-state index is 0.00977. The molecule has 0 radical (unpaired) electrons. The smallest absolute Gasteiger partial charge is 0.0892 e. The summed E-state index contributed by atoms with van der Waals surface area (Å²) in [5, 5.41) is 4.33. The Morgan fingerprint density at radius 1 is 1.47 bits per heavy atom. The number of nitrogens with zero attached hydrogens (tertiary/aromatic N) is 2. The first-order valence-corrected chi connectivity index (χ1v) is 7.32. The average Bonchev–Trinajstić information content (AvgIpc) is 2.93. The van der Waals surface area contributed by atoms with Crippen LogP contribution < -0.4 is 11.3 Å². The quantitative estimate of drug-likeness (QED) is 0.610. The van der Waals surface area contributed by atoms with Crippen molar-refractivity contribution in [3.05, 3.63) is 18.0 Å². The number of rotatable bonds is 6. The maximum atomic E-state index is 5.80. The molecular weight excluding hydrogens is 240 g/mol. The zero-order chi connectivity index (χ0) is 13.7. The van der Waals surface area contributed by atoms with Crippen molar-refractivity contribution >= 4 is 0 Å². The van der Waals surface area contributed by atoms with Gasteiger partial charge in [-0.3, -0.25) is 10.5 Å². The molecule has 19 heavy (non-hydrogen) atoms. The van der Waals surface area contributed by atoms with E-state index in [1.165, 1.54) is 32.1 Å². The second kappa shape index (κ2) is 7.03. The van der Waals surface area contributed by atoms with Crippen LogP contribution in [0.25, 0.3) is 0 Å². The highest BCUT2D eigenvalue weighted by Gasteiger charge is 2.32. The van der Waals surface area contributed by atoms with Crippen LogP contribution in [0.2, 0.25) is 0 Å². The fourth-order valence-corrected chi connectivity index (χ4v) is 3.28. The van der Waals surface area contributed by atoms with Crippen LogP contribution in [-0.2, 0) is 11.3 Å². The molecule has 2 atom stereocenters. The summed E-state index contributed by atoms with van der Waals surface area (Å²) in [6.45, 7) is 2.94. The van der Waals surface area contributed by atoms with Crippen molar-refractivity contribution in [3.63, 3.8) is 0 Å². The van der Waals surface area contributed by atoms with Gasteiger partial charge in [-0.2, -0.15) is 5.10 Å². The van der Waals surface area contributed by atoms with Crippen molar-refractivity contribution < 1.29 is 4.74 Å². The second-order valence-corrected chi connectivity index (χ2v) is 5.31. The summed E-state index contributed by atoms with van der Waals surface area (Å²) in [7, 11) is 1.79. The summed E-state index contributed by atoms with van der Waals surface area (Å²) >= 11 is 0. The Morgan fingerprint density at radius 2 is 2.21 bits per heavy atom. The van der Waals surface area contributed by atoms with Crippen molar-refractivity contribution in [2.75, 3.05) is 7.11 Å². The molecule has 2 unspecified atom stereocenters. The lowest BCUT2D eigenvalue weighted by Crippen LogP contribution is -2.43. The molecule has 0 spiro atoms. The van der Waals surface area contributed by atoms with Crippen LogP contribution in [-0.4, -0.2) is 23.0 Å². The number of nitrogens with one attached hydrogen (secondary N) is 1. The molecule has 0 aromatic carbocycles. The predicted molar refractivity (Wildman–Crippen MR) is 75.3 cm³/mol. The summed E-state index contributed by atoms with van der Waals surface area (Å²) in [6.07, 6.45) is 8.36. The Kier molecular flexibility index (Phi) is 5.36. The van der Waals surface area contributed by atoms with Crippen LogP contribution in [0.5, 0.6) is 0 Å². The maximum Gasteiger partial charge on any atom is 0.0892 e. The van der Waals surface area contributed by atoms with Crippen molar-refractivity contribution in [2.24, 2.45) is 11.8 Å². The van der Waals surface area contributed by atoms with Gasteiger partial charge in [0.2, 0.25) is 0 Å². The number of methoxy groups -OCH3 is 1. The van der Waals surface area contributed by atoms with E-state index in [0.29, 0.717) is 5.92 Å². The van der Waals surface area contributed by atoms with E-state index in [2.05, 4.69) is 17.4 Å². The second-order valence-electron chi connectivity index (χ2n) is 5.31. The monoisotopic (exact) mass is 266 g/mol. The molecule has 2 rings (SSSR count). The van der Waals surface area contributed by atoms with Crippen molar-refractivity contribution in [1.82, 2.24) is 15.2 Å². The highest BCUT2D eigenvalue weighted by atomic mass is 16.5. The Balaban J connectivity index is 2.18. The van der Waals surface area contributed by atoms with E-state index in [-0.39, 0.29) is 12.1 Å². The van der Waals surface area contributed by atoms with Gasteiger partial charge in [0.1, 0.15) is 0 Å². The largest absolute Gasteiger partial charge is 0.379 e. The van der Waals surface area contributed by atoms with Gasteiger partial charge in [-0.1, -0.05) is 19.3 Å². The molecule has 1 aromatic heterocycles. The number of ether oxygens (including phenoxy) is 1. The summed E-state index contributed by atoms with van der Waals surface area (Å²) in [5.41, 5.74) is 4.06. The van der Waals surface area contributed by atoms with Gasteiger partial charge in [0.05, 0.1) is 17.8 Å². The van der Waals surface area contributed by atoms with Gasteiger partial charge in [0, 0.05) is 19.9 Å². The Bertz CT molecular complexity index is 373. The number of nitrogens with two attached hydrogens (primary N) is 1. The summed E-state index contributed by atoms with van der Waals surface area (Å²) in [4.78, 5) is 0. The molecule has 1 fully saturated rings. The number of aromatic nitrogens is 2. The first-order chi connectivity index (χ1) is 9.31. The highest BCUT2D eigenvalue weighted by molar-refractivity contribution is 5.10. The van der Waals surface area contributed by atoms with E-state index in [9.17, 15) is 0 Å². The first kappa shape index (κ1) is 14.5. The van der Waals surface area contributed by atoms with Crippen LogP contribution in [0, 0.1) is 5.92 Å². The molecule has 0 saturated heterocycles. The minimum atomic E-state index is 0.00977. The van der Waals surface area contributed by atoms with E-state index >= 15 is 0 Å². The summed E-state index contributed by atoms with van der Waals surface area (Å²) in [6, 6.07) is 2.04. The SMILES string of the molecule is CCn1nccc1C(NN)C(OC)C1CCCCC1. The lowest BCUT2D eigenvalue weighted by atomic mass is 9.82. The molecule has 1 saturated carbocycles. The highest BCUT2D eigenvalue weighted by Crippen LogP contribution is 2.33. The van der Waals surface area contributed by atoms with Crippen LogP contribution in [0.1, 0.15) is 50.8 Å². The summed E-state index contributed by atoms with van der Waals surface area (Å²) in [5.74, 6) is 6.38. The zero-order valence-corrected chi connectivity index (χ0v) is 12.0. The van der Waals surface area contributed by atoms with Crippen molar-refractivity contribution in [1.29, 1.82) is 0 Å². The molecule has 0 amide bonds. The molecule has 3 N–H and O–H groups in total. The third-order valence-electron chi connectivity index (χ3n) is 4.26. The molecule has 1 aromatic rings. The third kappa shape index (κ3) is 3.16. The molecule has 108 valence electrons. The van der Waals surface area contributed by atoms with Gasteiger partial charge < -0.3 is 4.74 Å². The van der Waals surface area contributed by atoms with Gasteiger partial charge in [-0.05, 0) is 31.7 Å². The van der Waals surface area contributed by atoms with E-state index in [4.69, 9.17) is 10.6 Å².